The predicted molar refractivity (Wildman–Crippen MR) is 51.7 cm³/mol. The molecule has 1 saturated carbocycles. The maximum Gasteiger partial charge on any atom is 0.0733 e. The first-order valence-corrected chi connectivity index (χ1v) is 5.83. The van der Waals surface area contributed by atoms with Crippen LogP contribution in [0.1, 0.15) is 44.9 Å². The van der Waals surface area contributed by atoms with Crippen molar-refractivity contribution in [2.24, 2.45) is 0 Å². The maximum atomic E-state index is 5.83. The van der Waals surface area contributed by atoms with Gasteiger partial charge in [-0.05, 0) is 32.1 Å². The minimum absolute atomic E-state index is 0.561. The van der Waals surface area contributed by atoms with Crippen LogP contribution in [0, 0.1) is 0 Å². The standard InChI is InChI=1S/C11H19NO/c1-2-4-8(3-1)12-10-7-9-5-6-11(10)13-9/h8-12H,1-7H2/t9?,10-,11?/m0/s1. The van der Waals surface area contributed by atoms with E-state index in [-0.39, 0.29) is 0 Å². The second-order valence-corrected chi connectivity index (χ2v) is 4.86. The third-order valence-corrected chi connectivity index (χ3v) is 3.91. The van der Waals surface area contributed by atoms with Crippen LogP contribution in [0.15, 0.2) is 0 Å². The number of hydrogen-bond acceptors (Lipinski definition) is 2. The fourth-order valence-corrected chi connectivity index (χ4v) is 3.21. The van der Waals surface area contributed by atoms with Crippen LogP contribution in [0.4, 0.5) is 0 Å². The summed E-state index contributed by atoms with van der Waals surface area (Å²) in [4.78, 5) is 0. The van der Waals surface area contributed by atoms with Gasteiger partial charge in [0.15, 0.2) is 0 Å². The molecule has 2 unspecified atom stereocenters. The molecule has 3 fully saturated rings. The Morgan fingerprint density at radius 1 is 1.00 bits per heavy atom. The van der Waals surface area contributed by atoms with Crippen molar-refractivity contribution >= 4 is 0 Å². The van der Waals surface area contributed by atoms with E-state index in [1.807, 2.05) is 0 Å². The molecule has 2 nitrogen and oxygen atoms in total. The zero-order valence-corrected chi connectivity index (χ0v) is 8.17. The highest BCUT2D eigenvalue weighted by Crippen LogP contribution is 2.35. The van der Waals surface area contributed by atoms with Gasteiger partial charge < -0.3 is 10.1 Å². The summed E-state index contributed by atoms with van der Waals surface area (Å²) in [7, 11) is 0. The van der Waals surface area contributed by atoms with Gasteiger partial charge in [0.05, 0.1) is 12.2 Å². The summed E-state index contributed by atoms with van der Waals surface area (Å²) >= 11 is 0. The molecule has 3 atom stereocenters. The van der Waals surface area contributed by atoms with Gasteiger partial charge in [-0.3, -0.25) is 0 Å². The first kappa shape index (κ1) is 8.25. The molecule has 74 valence electrons. The Kier molecular flexibility index (Phi) is 2.06. The minimum atomic E-state index is 0.561. The summed E-state index contributed by atoms with van der Waals surface area (Å²) < 4.78 is 5.83. The molecule has 0 aromatic rings. The third kappa shape index (κ3) is 1.50. The lowest BCUT2D eigenvalue weighted by Crippen LogP contribution is -2.42. The lowest BCUT2D eigenvalue weighted by molar-refractivity contribution is 0.0961. The summed E-state index contributed by atoms with van der Waals surface area (Å²) in [6.45, 7) is 0. The Morgan fingerprint density at radius 2 is 1.85 bits per heavy atom. The van der Waals surface area contributed by atoms with E-state index in [0.29, 0.717) is 18.2 Å². The van der Waals surface area contributed by atoms with E-state index in [0.717, 1.165) is 6.04 Å². The van der Waals surface area contributed by atoms with E-state index in [1.165, 1.54) is 44.9 Å². The first-order chi connectivity index (χ1) is 6.42. The molecule has 0 aromatic heterocycles. The Morgan fingerprint density at radius 3 is 2.46 bits per heavy atom. The number of ether oxygens (including phenoxy) is 1. The predicted octanol–water partition coefficient (Wildman–Crippen LogP) is 1.84. The lowest BCUT2D eigenvalue weighted by atomic mass is 9.95. The number of fused-ring (bicyclic) bond motifs is 2. The molecule has 2 heterocycles. The summed E-state index contributed by atoms with van der Waals surface area (Å²) in [6, 6.07) is 1.51. The smallest absolute Gasteiger partial charge is 0.0733 e. The van der Waals surface area contributed by atoms with Gasteiger partial charge in [0.1, 0.15) is 0 Å². The van der Waals surface area contributed by atoms with Crippen molar-refractivity contribution < 1.29 is 4.74 Å². The molecule has 2 saturated heterocycles. The highest BCUT2D eigenvalue weighted by Gasteiger charge is 2.41. The Hall–Kier alpha value is -0.0800. The van der Waals surface area contributed by atoms with Gasteiger partial charge in [-0.15, -0.1) is 0 Å². The zero-order valence-electron chi connectivity index (χ0n) is 8.17. The average Bonchev–Trinajstić information content (AvgIpc) is 2.77. The van der Waals surface area contributed by atoms with E-state index < -0.39 is 0 Å². The highest BCUT2D eigenvalue weighted by molar-refractivity contribution is 4.95. The largest absolute Gasteiger partial charge is 0.373 e. The monoisotopic (exact) mass is 181 g/mol. The van der Waals surface area contributed by atoms with E-state index in [2.05, 4.69) is 5.32 Å². The molecule has 0 aromatic carbocycles. The number of nitrogens with one attached hydrogen (secondary N) is 1. The Bertz CT molecular complexity index is 189. The molecule has 3 rings (SSSR count). The second kappa shape index (κ2) is 3.25. The molecule has 1 N–H and O–H groups in total. The van der Waals surface area contributed by atoms with Crippen molar-refractivity contribution in [1.29, 1.82) is 0 Å². The molecule has 2 bridgehead atoms. The normalized spacial score (nSPS) is 44.8. The summed E-state index contributed by atoms with van der Waals surface area (Å²) in [5.74, 6) is 0. The van der Waals surface area contributed by atoms with Gasteiger partial charge >= 0.3 is 0 Å². The van der Waals surface area contributed by atoms with Crippen LogP contribution in [0.2, 0.25) is 0 Å². The van der Waals surface area contributed by atoms with Gasteiger partial charge in [0.2, 0.25) is 0 Å². The van der Waals surface area contributed by atoms with Gasteiger partial charge in [0.25, 0.3) is 0 Å². The molecule has 2 aliphatic heterocycles. The number of rotatable bonds is 2. The first-order valence-electron chi connectivity index (χ1n) is 5.83. The third-order valence-electron chi connectivity index (χ3n) is 3.91. The molecule has 13 heavy (non-hydrogen) atoms. The Balaban J connectivity index is 1.55. The van der Waals surface area contributed by atoms with Crippen molar-refractivity contribution in [2.75, 3.05) is 0 Å². The molecule has 0 spiro atoms. The van der Waals surface area contributed by atoms with Crippen molar-refractivity contribution in [3.63, 3.8) is 0 Å². The Labute approximate surface area is 80.0 Å². The summed E-state index contributed by atoms with van der Waals surface area (Å²) in [5, 5.41) is 3.78. The SMILES string of the molecule is C1CCC(N[C@H]2CC3CCC2O3)C1. The van der Waals surface area contributed by atoms with Crippen LogP contribution >= 0.6 is 0 Å². The summed E-state index contributed by atoms with van der Waals surface area (Å²) in [5.41, 5.74) is 0. The maximum absolute atomic E-state index is 5.83. The molecule has 0 radical (unpaired) electrons. The van der Waals surface area contributed by atoms with Gasteiger partial charge in [-0.2, -0.15) is 0 Å². The fraction of sp³-hybridized carbons (Fsp3) is 1.00. The van der Waals surface area contributed by atoms with Crippen molar-refractivity contribution in [3.05, 3.63) is 0 Å². The van der Waals surface area contributed by atoms with E-state index in [4.69, 9.17) is 4.74 Å². The van der Waals surface area contributed by atoms with Gasteiger partial charge in [-0.1, -0.05) is 12.8 Å². The summed E-state index contributed by atoms with van der Waals surface area (Å²) in [6.07, 6.45) is 10.7. The van der Waals surface area contributed by atoms with Gasteiger partial charge in [-0.25, -0.2) is 0 Å². The van der Waals surface area contributed by atoms with Crippen LogP contribution < -0.4 is 5.32 Å². The molecule has 3 aliphatic rings. The number of hydrogen-bond donors (Lipinski definition) is 1. The fourth-order valence-electron chi connectivity index (χ4n) is 3.21. The van der Waals surface area contributed by atoms with Crippen LogP contribution in [0.25, 0.3) is 0 Å². The molecule has 2 heteroatoms. The molecule has 0 amide bonds. The second-order valence-electron chi connectivity index (χ2n) is 4.86. The average molecular weight is 181 g/mol. The van der Waals surface area contributed by atoms with Crippen LogP contribution in [0.3, 0.4) is 0 Å². The minimum Gasteiger partial charge on any atom is -0.373 e. The van der Waals surface area contributed by atoms with E-state index in [1.54, 1.807) is 0 Å². The van der Waals surface area contributed by atoms with Crippen molar-refractivity contribution in [2.45, 2.75) is 69.2 Å². The lowest BCUT2D eigenvalue weighted by Gasteiger charge is -2.24. The molecule has 1 aliphatic carbocycles. The van der Waals surface area contributed by atoms with E-state index in [9.17, 15) is 0 Å². The van der Waals surface area contributed by atoms with E-state index >= 15 is 0 Å². The van der Waals surface area contributed by atoms with Crippen LogP contribution in [0.5, 0.6) is 0 Å². The topological polar surface area (TPSA) is 21.3 Å². The quantitative estimate of drug-likeness (QED) is 0.702. The van der Waals surface area contributed by atoms with Crippen LogP contribution in [-0.4, -0.2) is 24.3 Å². The highest BCUT2D eigenvalue weighted by atomic mass is 16.5. The molecular weight excluding hydrogens is 162 g/mol. The van der Waals surface area contributed by atoms with Gasteiger partial charge in [0, 0.05) is 12.1 Å². The molecular formula is C11H19NO. The zero-order chi connectivity index (χ0) is 8.67. The van der Waals surface area contributed by atoms with Crippen molar-refractivity contribution in [3.8, 4) is 0 Å². The van der Waals surface area contributed by atoms with Crippen LogP contribution in [-0.2, 0) is 4.74 Å². The van der Waals surface area contributed by atoms with Crippen molar-refractivity contribution in [1.82, 2.24) is 5.32 Å².